The summed E-state index contributed by atoms with van der Waals surface area (Å²) in [6.07, 6.45) is 5.94. The van der Waals surface area contributed by atoms with E-state index in [1.54, 1.807) is 6.07 Å². The number of carbonyl (C=O) groups is 2. The van der Waals surface area contributed by atoms with Crippen molar-refractivity contribution >= 4 is 12.1 Å². The Kier molecular flexibility index (Phi) is 11.7. The molecule has 2 saturated heterocycles. The van der Waals surface area contributed by atoms with Gasteiger partial charge in [-0.2, -0.15) is 0 Å². The Morgan fingerprint density at radius 3 is 2.86 bits per heavy atom. The van der Waals surface area contributed by atoms with Crippen LogP contribution in [0.15, 0.2) is 24.3 Å². The van der Waals surface area contributed by atoms with Crippen molar-refractivity contribution in [2.24, 2.45) is 11.8 Å². The molecule has 36 heavy (non-hydrogen) atoms. The van der Waals surface area contributed by atoms with Gasteiger partial charge in [-0.3, -0.25) is 0 Å². The Labute approximate surface area is 214 Å². The SMILES string of the molecule is CCC[C@H](CC1CCCOC1)NC(=O)N1CCC[C@@H]([C@@H](OCCNC(=O)OC)c2cccc(F)c2)C1. The van der Waals surface area contributed by atoms with Crippen LogP contribution < -0.4 is 10.6 Å². The second-order valence-electron chi connectivity index (χ2n) is 9.87. The minimum Gasteiger partial charge on any atom is -0.453 e. The molecular weight excluding hydrogens is 465 g/mol. The Morgan fingerprint density at radius 2 is 2.14 bits per heavy atom. The van der Waals surface area contributed by atoms with E-state index in [1.807, 2.05) is 11.0 Å². The van der Waals surface area contributed by atoms with Gasteiger partial charge in [0.2, 0.25) is 0 Å². The molecule has 202 valence electrons. The Hall–Kier alpha value is -2.39. The van der Waals surface area contributed by atoms with E-state index in [0.717, 1.165) is 63.7 Å². The van der Waals surface area contributed by atoms with E-state index in [2.05, 4.69) is 22.3 Å². The van der Waals surface area contributed by atoms with Gasteiger partial charge in [0.05, 0.1) is 19.8 Å². The molecule has 1 unspecified atom stereocenters. The Balaban J connectivity index is 1.62. The van der Waals surface area contributed by atoms with Crippen molar-refractivity contribution in [2.45, 2.75) is 64.0 Å². The van der Waals surface area contributed by atoms with Crippen LogP contribution in [0.3, 0.4) is 0 Å². The van der Waals surface area contributed by atoms with Gasteiger partial charge >= 0.3 is 12.1 Å². The number of alkyl carbamates (subject to hydrolysis) is 1. The van der Waals surface area contributed by atoms with E-state index in [9.17, 15) is 14.0 Å². The van der Waals surface area contributed by atoms with Crippen LogP contribution in [0, 0.1) is 17.7 Å². The lowest BCUT2D eigenvalue weighted by atomic mass is 9.88. The van der Waals surface area contributed by atoms with Crippen LogP contribution in [-0.2, 0) is 14.2 Å². The molecule has 1 aromatic rings. The van der Waals surface area contributed by atoms with Gasteiger partial charge < -0.3 is 29.7 Å². The first-order valence-corrected chi connectivity index (χ1v) is 13.3. The molecule has 2 N–H and O–H groups in total. The van der Waals surface area contributed by atoms with E-state index in [-0.39, 0.29) is 43.1 Å². The average molecular weight is 508 g/mol. The molecule has 3 rings (SSSR count). The van der Waals surface area contributed by atoms with Crippen molar-refractivity contribution in [1.82, 2.24) is 15.5 Å². The van der Waals surface area contributed by atoms with E-state index < -0.39 is 6.09 Å². The van der Waals surface area contributed by atoms with Gasteiger partial charge in [0.15, 0.2) is 0 Å². The maximum atomic E-state index is 14.0. The molecule has 0 bridgehead atoms. The van der Waals surface area contributed by atoms with Gasteiger partial charge in [-0.15, -0.1) is 0 Å². The third kappa shape index (κ3) is 8.92. The number of benzene rings is 1. The molecule has 8 nitrogen and oxygen atoms in total. The predicted octanol–water partition coefficient (Wildman–Crippen LogP) is 4.65. The summed E-state index contributed by atoms with van der Waals surface area (Å²) in [5.41, 5.74) is 0.737. The van der Waals surface area contributed by atoms with Crippen LogP contribution in [0.4, 0.5) is 14.0 Å². The smallest absolute Gasteiger partial charge is 0.406 e. The van der Waals surface area contributed by atoms with Gasteiger partial charge in [-0.1, -0.05) is 25.5 Å². The number of likely N-dealkylation sites (tertiary alicyclic amines) is 1. The zero-order valence-electron chi connectivity index (χ0n) is 21.7. The highest BCUT2D eigenvalue weighted by atomic mass is 19.1. The molecule has 9 heteroatoms. The Bertz CT molecular complexity index is 820. The number of methoxy groups -OCH3 is 1. The predicted molar refractivity (Wildman–Crippen MR) is 135 cm³/mol. The summed E-state index contributed by atoms with van der Waals surface area (Å²) in [7, 11) is 1.31. The molecule has 2 aliphatic heterocycles. The van der Waals surface area contributed by atoms with Gasteiger partial charge in [-0.25, -0.2) is 14.0 Å². The summed E-state index contributed by atoms with van der Waals surface area (Å²) in [5, 5.41) is 5.89. The molecule has 0 aromatic heterocycles. The maximum absolute atomic E-state index is 14.0. The van der Waals surface area contributed by atoms with Crippen LogP contribution in [0.25, 0.3) is 0 Å². The number of carbonyl (C=O) groups excluding carboxylic acids is 2. The number of halogens is 1. The molecule has 0 aliphatic carbocycles. The van der Waals surface area contributed by atoms with Gasteiger partial charge in [0.25, 0.3) is 0 Å². The molecule has 2 heterocycles. The van der Waals surface area contributed by atoms with Crippen LogP contribution in [0.2, 0.25) is 0 Å². The first kappa shape index (κ1) is 28.2. The van der Waals surface area contributed by atoms with Gasteiger partial charge in [-0.05, 0) is 62.1 Å². The third-order valence-electron chi connectivity index (χ3n) is 7.04. The summed E-state index contributed by atoms with van der Waals surface area (Å²) in [6, 6.07) is 6.51. The van der Waals surface area contributed by atoms with Crippen molar-refractivity contribution in [3.05, 3.63) is 35.6 Å². The summed E-state index contributed by atoms with van der Waals surface area (Å²) < 4.78 is 30.4. The van der Waals surface area contributed by atoms with Crippen molar-refractivity contribution in [3.8, 4) is 0 Å². The summed E-state index contributed by atoms with van der Waals surface area (Å²) >= 11 is 0. The highest BCUT2D eigenvalue weighted by Crippen LogP contribution is 2.33. The number of nitrogens with zero attached hydrogens (tertiary/aromatic N) is 1. The van der Waals surface area contributed by atoms with Gasteiger partial charge in [0, 0.05) is 44.8 Å². The molecule has 0 saturated carbocycles. The van der Waals surface area contributed by atoms with Crippen LogP contribution in [0.1, 0.15) is 63.5 Å². The zero-order valence-corrected chi connectivity index (χ0v) is 21.7. The lowest BCUT2D eigenvalue weighted by Gasteiger charge is -2.38. The molecule has 4 atom stereocenters. The highest BCUT2D eigenvalue weighted by Gasteiger charge is 2.32. The van der Waals surface area contributed by atoms with Crippen LogP contribution in [0.5, 0.6) is 0 Å². The third-order valence-corrected chi connectivity index (χ3v) is 7.04. The lowest BCUT2D eigenvalue weighted by molar-refractivity contribution is -0.00891. The van der Waals surface area contributed by atoms with Crippen LogP contribution >= 0.6 is 0 Å². The number of hydrogen-bond acceptors (Lipinski definition) is 5. The molecule has 0 radical (unpaired) electrons. The van der Waals surface area contributed by atoms with E-state index in [4.69, 9.17) is 9.47 Å². The van der Waals surface area contributed by atoms with E-state index in [0.29, 0.717) is 19.0 Å². The van der Waals surface area contributed by atoms with Crippen LogP contribution in [-0.4, -0.2) is 69.6 Å². The lowest BCUT2D eigenvalue weighted by Crippen LogP contribution is -2.50. The number of ether oxygens (including phenoxy) is 3. The molecular formula is C27H42FN3O5. The molecule has 3 amide bonds. The second-order valence-corrected chi connectivity index (χ2v) is 9.87. The summed E-state index contributed by atoms with van der Waals surface area (Å²) in [5.74, 6) is 0.183. The number of nitrogens with one attached hydrogen (secondary N) is 2. The quantitative estimate of drug-likeness (QED) is 0.426. The number of hydrogen-bond donors (Lipinski definition) is 2. The normalized spacial score (nSPS) is 21.9. The molecule has 2 fully saturated rings. The second kappa shape index (κ2) is 15.0. The average Bonchev–Trinajstić information content (AvgIpc) is 2.89. The minimum atomic E-state index is -0.525. The minimum absolute atomic E-state index is 0.0146. The fourth-order valence-electron chi connectivity index (χ4n) is 5.30. The molecule has 2 aliphatic rings. The highest BCUT2D eigenvalue weighted by molar-refractivity contribution is 5.74. The maximum Gasteiger partial charge on any atom is 0.406 e. The van der Waals surface area contributed by atoms with Gasteiger partial charge in [0.1, 0.15) is 5.82 Å². The largest absolute Gasteiger partial charge is 0.453 e. The molecule has 1 aromatic carbocycles. The molecule has 0 spiro atoms. The number of amides is 3. The van der Waals surface area contributed by atoms with E-state index in [1.165, 1.54) is 19.2 Å². The first-order valence-electron chi connectivity index (χ1n) is 13.3. The number of urea groups is 1. The monoisotopic (exact) mass is 507 g/mol. The fraction of sp³-hybridized carbons (Fsp3) is 0.704. The standard InChI is InChI=1S/C27H42FN3O5/c1-3-7-24(16-20-8-6-14-35-19-20)30-26(32)31-13-5-10-22(18-31)25(21-9-4-11-23(28)17-21)36-15-12-29-27(33)34-2/h4,9,11,17,20,22,24-25H,3,5-8,10,12-16,18-19H2,1-2H3,(H,29,33)(H,30,32)/t20?,22-,24-,25+/m1/s1. The van der Waals surface area contributed by atoms with Crippen molar-refractivity contribution in [3.63, 3.8) is 0 Å². The fourth-order valence-corrected chi connectivity index (χ4v) is 5.30. The van der Waals surface area contributed by atoms with Crippen molar-refractivity contribution < 1.29 is 28.2 Å². The zero-order chi connectivity index (χ0) is 25.8. The topological polar surface area (TPSA) is 89.1 Å². The van der Waals surface area contributed by atoms with Crippen molar-refractivity contribution in [1.29, 1.82) is 0 Å². The van der Waals surface area contributed by atoms with Crippen molar-refractivity contribution in [2.75, 3.05) is 46.6 Å². The summed E-state index contributed by atoms with van der Waals surface area (Å²) in [4.78, 5) is 26.5. The van der Waals surface area contributed by atoms with E-state index >= 15 is 0 Å². The first-order chi connectivity index (χ1) is 17.5. The summed E-state index contributed by atoms with van der Waals surface area (Å²) in [6.45, 7) is 5.50. The Morgan fingerprint density at radius 1 is 1.28 bits per heavy atom. The number of piperidine rings is 1. The number of rotatable bonds is 11.